The Morgan fingerprint density at radius 1 is 1.26 bits per heavy atom. The first-order chi connectivity index (χ1) is 9.07. The average Bonchev–Trinajstić information content (AvgIpc) is 3.22. The highest BCUT2D eigenvalue weighted by molar-refractivity contribution is 5.49. The summed E-state index contributed by atoms with van der Waals surface area (Å²) in [6, 6.07) is 1.96. The van der Waals surface area contributed by atoms with E-state index >= 15 is 0 Å². The SMILES string of the molecule is CC1(C)CCN(c2cc(NN)nc(C3CC3)n2)CC1. The lowest BCUT2D eigenvalue weighted by molar-refractivity contribution is 0.279. The molecule has 2 aliphatic rings. The minimum Gasteiger partial charge on any atom is -0.356 e. The Bertz CT molecular complexity index is 457. The molecule has 0 spiro atoms. The third-order valence-corrected chi connectivity index (χ3v) is 4.26. The molecular formula is C14H23N5. The van der Waals surface area contributed by atoms with Crippen molar-refractivity contribution in [3.63, 3.8) is 0 Å². The van der Waals surface area contributed by atoms with Gasteiger partial charge < -0.3 is 10.3 Å². The van der Waals surface area contributed by atoms with Crippen molar-refractivity contribution in [2.24, 2.45) is 11.3 Å². The third kappa shape index (κ3) is 2.81. The van der Waals surface area contributed by atoms with E-state index in [-0.39, 0.29) is 0 Å². The van der Waals surface area contributed by atoms with Crippen LogP contribution in [0.2, 0.25) is 0 Å². The molecule has 2 fully saturated rings. The molecule has 1 saturated carbocycles. The van der Waals surface area contributed by atoms with Gasteiger partial charge >= 0.3 is 0 Å². The van der Waals surface area contributed by atoms with E-state index in [1.54, 1.807) is 0 Å². The van der Waals surface area contributed by atoms with E-state index in [4.69, 9.17) is 10.8 Å². The van der Waals surface area contributed by atoms with Crippen LogP contribution in [0, 0.1) is 5.41 Å². The molecule has 19 heavy (non-hydrogen) atoms. The quantitative estimate of drug-likeness (QED) is 0.645. The summed E-state index contributed by atoms with van der Waals surface area (Å²) < 4.78 is 0. The van der Waals surface area contributed by atoms with Gasteiger partial charge in [-0.2, -0.15) is 0 Å². The van der Waals surface area contributed by atoms with Gasteiger partial charge in [-0.25, -0.2) is 15.8 Å². The molecule has 1 aromatic rings. The van der Waals surface area contributed by atoms with Crippen molar-refractivity contribution < 1.29 is 0 Å². The number of anilines is 2. The number of hydrogen-bond acceptors (Lipinski definition) is 5. The highest BCUT2D eigenvalue weighted by atomic mass is 15.3. The van der Waals surface area contributed by atoms with Gasteiger partial charge in [0.15, 0.2) is 0 Å². The zero-order chi connectivity index (χ0) is 13.5. The summed E-state index contributed by atoms with van der Waals surface area (Å²) in [5.41, 5.74) is 3.12. The van der Waals surface area contributed by atoms with Crippen LogP contribution in [0.3, 0.4) is 0 Å². The zero-order valence-electron chi connectivity index (χ0n) is 11.8. The predicted octanol–water partition coefficient (Wildman–Crippen LogP) is 2.27. The Kier molecular flexibility index (Phi) is 3.09. The number of nitrogens with one attached hydrogen (secondary N) is 1. The summed E-state index contributed by atoms with van der Waals surface area (Å²) >= 11 is 0. The maximum Gasteiger partial charge on any atom is 0.145 e. The van der Waals surface area contributed by atoms with Gasteiger partial charge in [-0.1, -0.05) is 13.8 Å². The van der Waals surface area contributed by atoms with Crippen LogP contribution in [0.1, 0.15) is 51.3 Å². The molecule has 1 aromatic heterocycles. The summed E-state index contributed by atoms with van der Waals surface area (Å²) in [7, 11) is 0. The second kappa shape index (κ2) is 4.63. The number of rotatable bonds is 3. The second-order valence-corrected chi connectivity index (χ2v) is 6.54. The molecule has 1 aliphatic heterocycles. The van der Waals surface area contributed by atoms with Crippen LogP contribution < -0.4 is 16.2 Å². The molecule has 2 heterocycles. The number of hydrogen-bond donors (Lipinski definition) is 2. The normalized spacial score (nSPS) is 22.4. The van der Waals surface area contributed by atoms with E-state index in [0.29, 0.717) is 11.3 Å². The first kappa shape index (κ1) is 12.7. The molecule has 5 nitrogen and oxygen atoms in total. The molecule has 5 heteroatoms. The lowest BCUT2D eigenvalue weighted by atomic mass is 9.83. The Balaban J connectivity index is 1.81. The minimum absolute atomic E-state index is 0.456. The van der Waals surface area contributed by atoms with Crippen molar-refractivity contribution in [2.75, 3.05) is 23.4 Å². The Labute approximate surface area is 114 Å². The highest BCUT2D eigenvalue weighted by Gasteiger charge is 2.30. The largest absolute Gasteiger partial charge is 0.356 e. The van der Waals surface area contributed by atoms with E-state index in [9.17, 15) is 0 Å². The van der Waals surface area contributed by atoms with Gasteiger partial charge in [0.05, 0.1) is 0 Å². The average molecular weight is 261 g/mol. The maximum absolute atomic E-state index is 5.52. The van der Waals surface area contributed by atoms with Crippen molar-refractivity contribution in [2.45, 2.75) is 45.4 Å². The van der Waals surface area contributed by atoms with Crippen molar-refractivity contribution >= 4 is 11.6 Å². The Morgan fingerprint density at radius 2 is 1.95 bits per heavy atom. The predicted molar refractivity (Wildman–Crippen MR) is 77.0 cm³/mol. The molecule has 104 valence electrons. The summed E-state index contributed by atoms with van der Waals surface area (Å²) in [4.78, 5) is 11.6. The second-order valence-electron chi connectivity index (χ2n) is 6.54. The van der Waals surface area contributed by atoms with E-state index < -0.39 is 0 Å². The van der Waals surface area contributed by atoms with Crippen LogP contribution in [0.15, 0.2) is 6.07 Å². The van der Waals surface area contributed by atoms with Gasteiger partial charge in [0.25, 0.3) is 0 Å². The van der Waals surface area contributed by atoms with E-state index in [0.717, 1.165) is 30.5 Å². The topological polar surface area (TPSA) is 67.1 Å². The lowest BCUT2D eigenvalue weighted by Crippen LogP contribution is -2.38. The highest BCUT2D eigenvalue weighted by Crippen LogP contribution is 2.39. The fourth-order valence-corrected chi connectivity index (χ4v) is 2.55. The van der Waals surface area contributed by atoms with Crippen LogP contribution in [0.5, 0.6) is 0 Å². The smallest absolute Gasteiger partial charge is 0.145 e. The van der Waals surface area contributed by atoms with Crippen LogP contribution >= 0.6 is 0 Å². The molecule has 0 radical (unpaired) electrons. The molecule has 0 amide bonds. The minimum atomic E-state index is 0.456. The van der Waals surface area contributed by atoms with Crippen molar-refractivity contribution in [1.82, 2.24) is 9.97 Å². The Morgan fingerprint density at radius 3 is 2.53 bits per heavy atom. The molecular weight excluding hydrogens is 238 g/mol. The molecule has 1 saturated heterocycles. The number of hydrazine groups is 1. The van der Waals surface area contributed by atoms with Gasteiger partial charge in [-0.15, -0.1) is 0 Å². The van der Waals surface area contributed by atoms with Crippen LogP contribution in [-0.4, -0.2) is 23.1 Å². The summed E-state index contributed by atoms with van der Waals surface area (Å²) in [6.07, 6.45) is 4.84. The molecule has 0 aromatic carbocycles. The third-order valence-electron chi connectivity index (χ3n) is 4.26. The monoisotopic (exact) mass is 261 g/mol. The first-order valence-electron chi connectivity index (χ1n) is 7.18. The van der Waals surface area contributed by atoms with Crippen molar-refractivity contribution in [3.05, 3.63) is 11.9 Å². The van der Waals surface area contributed by atoms with Crippen molar-refractivity contribution in [3.8, 4) is 0 Å². The summed E-state index contributed by atoms with van der Waals surface area (Å²) in [5, 5.41) is 0. The molecule has 3 N–H and O–H groups in total. The first-order valence-corrected chi connectivity index (χ1v) is 7.18. The van der Waals surface area contributed by atoms with Gasteiger partial charge in [0, 0.05) is 25.1 Å². The van der Waals surface area contributed by atoms with Gasteiger partial charge in [0.2, 0.25) is 0 Å². The summed E-state index contributed by atoms with van der Waals surface area (Å²) in [5.74, 6) is 8.79. The number of piperidine rings is 1. The van der Waals surface area contributed by atoms with Gasteiger partial charge in [-0.3, -0.25) is 0 Å². The van der Waals surface area contributed by atoms with Crippen LogP contribution in [0.4, 0.5) is 11.6 Å². The van der Waals surface area contributed by atoms with Gasteiger partial charge in [0.1, 0.15) is 17.5 Å². The number of nitrogens with two attached hydrogens (primary N) is 1. The number of nitrogens with zero attached hydrogens (tertiary/aromatic N) is 3. The van der Waals surface area contributed by atoms with Crippen LogP contribution in [0.25, 0.3) is 0 Å². The maximum atomic E-state index is 5.52. The lowest BCUT2D eigenvalue weighted by Gasteiger charge is -2.37. The zero-order valence-corrected chi connectivity index (χ0v) is 11.8. The standard InChI is InChI=1S/C14H23N5/c1-14(2)5-7-19(8-6-14)12-9-11(18-15)16-13(17-12)10-3-4-10/h9-10H,3-8,15H2,1-2H3,(H,16,17,18). The number of aromatic nitrogens is 2. The van der Waals surface area contributed by atoms with Gasteiger partial charge in [-0.05, 0) is 31.1 Å². The Hall–Kier alpha value is -1.36. The van der Waals surface area contributed by atoms with E-state index in [2.05, 4.69) is 29.2 Å². The van der Waals surface area contributed by atoms with Crippen LogP contribution in [-0.2, 0) is 0 Å². The molecule has 1 aliphatic carbocycles. The summed E-state index contributed by atoms with van der Waals surface area (Å²) in [6.45, 7) is 6.82. The molecule has 3 rings (SSSR count). The van der Waals surface area contributed by atoms with E-state index in [1.807, 2.05) is 6.07 Å². The molecule has 0 bridgehead atoms. The fraction of sp³-hybridized carbons (Fsp3) is 0.714. The molecule has 0 atom stereocenters. The number of nitrogen functional groups attached to an aromatic ring is 1. The van der Waals surface area contributed by atoms with E-state index in [1.165, 1.54) is 25.7 Å². The molecule has 0 unspecified atom stereocenters. The van der Waals surface area contributed by atoms with Crippen molar-refractivity contribution in [1.29, 1.82) is 0 Å². The fourth-order valence-electron chi connectivity index (χ4n) is 2.55.